The molecule has 2 fully saturated rings. The molecule has 0 unspecified atom stereocenters. The highest BCUT2D eigenvalue weighted by atomic mass is 19.1. The maximum atomic E-state index is 13.3. The molecule has 4 heterocycles. The monoisotopic (exact) mass is 357 g/mol. The molecule has 26 heavy (non-hydrogen) atoms. The van der Waals surface area contributed by atoms with E-state index in [9.17, 15) is 9.18 Å². The molecule has 0 aromatic carbocycles. The minimum absolute atomic E-state index is 0.242. The second kappa shape index (κ2) is 7.33. The first-order valence-electron chi connectivity index (χ1n) is 8.80. The van der Waals surface area contributed by atoms with Crippen molar-refractivity contribution >= 4 is 11.9 Å². The lowest BCUT2D eigenvalue weighted by Gasteiger charge is -2.33. The Hall–Kier alpha value is -2.61. The molecular formula is C18H20FN5O2. The highest BCUT2D eigenvalue weighted by Crippen LogP contribution is 2.24. The third-order valence-corrected chi connectivity index (χ3v) is 4.69. The van der Waals surface area contributed by atoms with Crippen molar-refractivity contribution in [3.05, 3.63) is 47.8 Å². The van der Waals surface area contributed by atoms with E-state index in [1.54, 1.807) is 11.1 Å². The van der Waals surface area contributed by atoms with Gasteiger partial charge in [-0.2, -0.15) is 0 Å². The van der Waals surface area contributed by atoms with Crippen molar-refractivity contribution in [2.24, 2.45) is 0 Å². The quantitative estimate of drug-likeness (QED) is 0.835. The summed E-state index contributed by atoms with van der Waals surface area (Å²) in [6.45, 7) is 3.15. The van der Waals surface area contributed by atoms with Crippen LogP contribution in [0.15, 0.2) is 30.7 Å². The van der Waals surface area contributed by atoms with Crippen molar-refractivity contribution in [1.29, 1.82) is 0 Å². The SMILES string of the molecule is O=C(c1cncc(F)c1)N1CCO[C@@H](c2ccnc(N3CCCC3)n2)C1. The number of halogens is 1. The van der Waals surface area contributed by atoms with Gasteiger partial charge >= 0.3 is 0 Å². The highest BCUT2D eigenvalue weighted by Gasteiger charge is 2.28. The van der Waals surface area contributed by atoms with Crippen LogP contribution in [-0.2, 0) is 4.74 Å². The lowest BCUT2D eigenvalue weighted by Crippen LogP contribution is -2.42. The first-order chi connectivity index (χ1) is 12.7. The summed E-state index contributed by atoms with van der Waals surface area (Å²) in [5, 5.41) is 0. The maximum absolute atomic E-state index is 13.3. The molecule has 2 aromatic rings. The van der Waals surface area contributed by atoms with E-state index in [2.05, 4.69) is 19.9 Å². The summed E-state index contributed by atoms with van der Waals surface area (Å²) < 4.78 is 19.2. The number of pyridine rings is 1. The number of rotatable bonds is 3. The number of nitrogens with zero attached hydrogens (tertiary/aromatic N) is 5. The minimum atomic E-state index is -0.522. The smallest absolute Gasteiger partial charge is 0.255 e. The van der Waals surface area contributed by atoms with E-state index in [1.165, 1.54) is 12.3 Å². The van der Waals surface area contributed by atoms with E-state index in [4.69, 9.17) is 4.74 Å². The van der Waals surface area contributed by atoms with E-state index < -0.39 is 5.82 Å². The Morgan fingerprint density at radius 1 is 1.23 bits per heavy atom. The van der Waals surface area contributed by atoms with Crippen molar-refractivity contribution in [2.75, 3.05) is 37.7 Å². The molecule has 2 aliphatic heterocycles. The molecular weight excluding hydrogens is 337 g/mol. The molecule has 7 nitrogen and oxygen atoms in total. The summed E-state index contributed by atoms with van der Waals surface area (Å²) in [4.78, 5) is 29.2. The van der Waals surface area contributed by atoms with Gasteiger partial charge in [-0.25, -0.2) is 14.4 Å². The molecule has 0 N–H and O–H groups in total. The van der Waals surface area contributed by atoms with Crippen LogP contribution >= 0.6 is 0 Å². The summed E-state index contributed by atoms with van der Waals surface area (Å²) in [5.74, 6) is -0.0628. The van der Waals surface area contributed by atoms with Crippen LogP contribution in [0.3, 0.4) is 0 Å². The van der Waals surface area contributed by atoms with Crippen LogP contribution in [0.2, 0.25) is 0 Å². The summed E-state index contributed by atoms with van der Waals surface area (Å²) in [7, 11) is 0. The van der Waals surface area contributed by atoms with Crippen molar-refractivity contribution < 1.29 is 13.9 Å². The number of carbonyl (C=O) groups excluding carboxylic acids is 1. The van der Waals surface area contributed by atoms with Crippen LogP contribution in [-0.4, -0.2) is 58.5 Å². The van der Waals surface area contributed by atoms with Crippen LogP contribution in [0.25, 0.3) is 0 Å². The fourth-order valence-electron chi connectivity index (χ4n) is 3.33. The summed E-state index contributed by atoms with van der Waals surface area (Å²) in [5.41, 5.74) is 1.00. The maximum Gasteiger partial charge on any atom is 0.255 e. The Morgan fingerprint density at radius 2 is 2.08 bits per heavy atom. The van der Waals surface area contributed by atoms with Crippen molar-refractivity contribution in [1.82, 2.24) is 19.9 Å². The van der Waals surface area contributed by atoms with Gasteiger partial charge in [0.25, 0.3) is 5.91 Å². The van der Waals surface area contributed by atoms with Gasteiger partial charge in [0.2, 0.25) is 5.95 Å². The van der Waals surface area contributed by atoms with E-state index in [-0.39, 0.29) is 17.6 Å². The average Bonchev–Trinajstić information content (AvgIpc) is 3.22. The van der Waals surface area contributed by atoms with Gasteiger partial charge in [-0.1, -0.05) is 0 Å². The molecule has 2 aromatic heterocycles. The topological polar surface area (TPSA) is 71.5 Å². The fraction of sp³-hybridized carbons (Fsp3) is 0.444. The molecule has 1 amide bonds. The van der Waals surface area contributed by atoms with Crippen molar-refractivity contribution in [3.8, 4) is 0 Å². The first kappa shape index (κ1) is 16.8. The average molecular weight is 357 g/mol. The van der Waals surface area contributed by atoms with Gasteiger partial charge in [0, 0.05) is 32.0 Å². The number of hydrogen-bond donors (Lipinski definition) is 0. The van der Waals surface area contributed by atoms with Gasteiger partial charge < -0.3 is 14.5 Å². The van der Waals surface area contributed by atoms with E-state index in [0.29, 0.717) is 25.6 Å². The minimum Gasteiger partial charge on any atom is -0.368 e. The molecule has 1 atom stereocenters. The number of ether oxygens (including phenoxy) is 1. The molecule has 2 aliphatic rings. The molecule has 2 saturated heterocycles. The summed E-state index contributed by atoms with van der Waals surface area (Å²) in [6.07, 6.45) is 6.18. The zero-order valence-electron chi connectivity index (χ0n) is 14.3. The molecule has 0 saturated carbocycles. The van der Waals surface area contributed by atoms with Crippen LogP contribution in [0.4, 0.5) is 10.3 Å². The van der Waals surface area contributed by atoms with Crippen molar-refractivity contribution in [3.63, 3.8) is 0 Å². The van der Waals surface area contributed by atoms with Gasteiger partial charge in [-0.15, -0.1) is 0 Å². The third kappa shape index (κ3) is 3.50. The second-order valence-electron chi connectivity index (χ2n) is 6.48. The molecule has 4 rings (SSSR count). The number of hydrogen-bond acceptors (Lipinski definition) is 6. The Balaban J connectivity index is 1.50. The Morgan fingerprint density at radius 3 is 2.88 bits per heavy atom. The van der Waals surface area contributed by atoms with Crippen LogP contribution in [0, 0.1) is 5.82 Å². The summed E-state index contributed by atoms with van der Waals surface area (Å²) >= 11 is 0. The lowest BCUT2D eigenvalue weighted by molar-refractivity contribution is -0.0247. The van der Waals surface area contributed by atoms with Crippen LogP contribution in [0.1, 0.15) is 35.0 Å². The number of anilines is 1. The third-order valence-electron chi connectivity index (χ3n) is 4.69. The van der Waals surface area contributed by atoms with Crippen molar-refractivity contribution in [2.45, 2.75) is 18.9 Å². The standard InChI is InChI=1S/C18H20FN5O2/c19-14-9-13(10-20-11-14)17(25)24-7-8-26-16(12-24)15-3-4-21-18(22-15)23-5-1-2-6-23/h3-4,9-11,16H,1-2,5-8,12H2/t16-/m1/s1. The van der Waals surface area contributed by atoms with E-state index >= 15 is 0 Å². The molecule has 0 radical (unpaired) electrons. The van der Waals surface area contributed by atoms with E-state index in [0.717, 1.165) is 37.8 Å². The normalized spacial score (nSPS) is 20.4. The number of amides is 1. The second-order valence-corrected chi connectivity index (χ2v) is 6.48. The molecule has 0 bridgehead atoms. The first-order valence-corrected chi connectivity index (χ1v) is 8.80. The predicted molar refractivity (Wildman–Crippen MR) is 92.3 cm³/mol. The zero-order chi connectivity index (χ0) is 17.9. The van der Waals surface area contributed by atoms with Gasteiger partial charge in [0.15, 0.2) is 0 Å². The molecule has 8 heteroatoms. The highest BCUT2D eigenvalue weighted by molar-refractivity contribution is 5.94. The zero-order valence-corrected chi connectivity index (χ0v) is 14.3. The van der Waals surface area contributed by atoms with Gasteiger partial charge in [-0.3, -0.25) is 9.78 Å². The van der Waals surface area contributed by atoms with Crippen LogP contribution < -0.4 is 4.90 Å². The Labute approximate surface area is 150 Å². The Bertz CT molecular complexity index is 797. The number of carbonyl (C=O) groups is 1. The molecule has 136 valence electrons. The summed E-state index contributed by atoms with van der Waals surface area (Å²) in [6, 6.07) is 3.03. The predicted octanol–water partition coefficient (Wildman–Crippen LogP) is 1.82. The van der Waals surface area contributed by atoms with Gasteiger partial charge in [-0.05, 0) is 25.0 Å². The molecule has 0 spiro atoms. The largest absolute Gasteiger partial charge is 0.368 e. The van der Waals surface area contributed by atoms with E-state index in [1.807, 2.05) is 6.07 Å². The number of morpholine rings is 1. The Kier molecular flexibility index (Phi) is 4.75. The number of aromatic nitrogens is 3. The lowest BCUT2D eigenvalue weighted by atomic mass is 10.1. The fourth-order valence-corrected chi connectivity index (χ4v) is 3.33. The van der Waals surface area contributed by atoms with Gasteiger partial charge in [0.05, 0.1) is 30.6 Å². The van der Waals surface area contributed by atoms with Gasteiger partial charge in [0.1, 0.15) is 11.9 Å². The molecule has 0 aliphatic carbocycles. The van der Waals surface area contributed by atoms with Crippen LogP contribution in [0.5, 0.6) is 0 Å².